The highest BCUT2D eigenvalue weighted by Gasteiger charge is 2.21. The molecule has 0 saturated carbocycles. The van der Waals surface area contributed by atoms with Crippen LogP contribution in [-0.4, -0.2) is 67.0 Å². The fraction of sp³-hybridized carbons (Fsp3) is 0.273. The molecule has 0 bridgehead atoms. The predicted octanol–water partition coefficient (Wildman–Crippen LogP) is 2.88. The molecule has 4 aromatic heterocycles. The number of fused-ring (bicyclic) bond motifs is 3. The summed E-state index contributed by atoms with van der Waals surface area (Å²) >= 11 is 2.13. The molecule has 5 heterocycles. The highest BCUT2D eigenvalue weighted by molar-refractivity contribution is 14.1. The molecule has 0 amide bonds. The van der Waals surface area contributed by atoms with Crippen LogP contribution < -0.4 is 10.6 Å². The number of halogens is 2. The molecule has 1 aliphatic rings. The molecule has 0 spiro atoms. The minimum Gasteiger partial charge on any atom is -0.461 e. The first-order valence-corrected chi connectivity index (χ1v) is 12.0. The van der Waals surface area contributed by atoms with Crippen LogP contribution in [0.3, 0.4) is 0 Å². The number of furan rings is 1. The maximum atomic E-state index is 14.3. The number of benzene rings is 1. The van der Waals surface area contributed by atoms with Gasteiger partial charge < -0.3 is 15.1 Å². The zero-order valence-electron chi connectivity index (χ0n) is 18.1. The Hall–Kier alpha value is -3.26. The fourth-order valence-electron chi connectivity index (χ4n) is 4.32. The van der Waals surface area contributed by atoms with Crippen LogP contribution in [0.15, 0.2) is 47.2 Å². The van der Waals surface area contributed by atoms with Gasteiger partial charge in [-0.3, -0.25) is 4.90 Å². The first kappa shape index (κ1) is 21.3. The van der Waals surface area contributed by atoms with Crippen molar-refractivity contribution in [3.63, 3.8) is 0 Å². The van der Waals surface area contributed by atoms with Crippen molar-refractivity contribution in [2.24, 2.45) is 0 Å². The number of anilines is 2. The molecule has 0 atom stereocenters. The van der Waals surface area contributed by atoms with E-state index in [0.29, 0.717) is 35.1 Å². The molecule has 0 aliphatic carbocycles. The number of rotatable bonds is 5. The largest absolute Gasteiger partial charge is 0.461 e. The maximum absolute atomic E-state index is 14.3. The smallest absolute Gasteiger partial charge is 0.225 e. The van der Waals surface area contributed by atoms with Crippen molar-refractivity contribution in [3.05, 3.63) is 52.2 Å². The molecule has 34 heavy (non-hydrogen) atoms. The lowest BCUT2D eigenvalue weighted by molar-refractivity contribution is 0.245. The van der Waals surface area contributed by atoms with Gasteiger partial charge >= 0.3 is 0 Å². The van der Waals surface area contributed by atoms with Gasteiger partial charge in [0, 0.05) is 36.3 Å². The lowest BCUT2D eigenvalue weighted by Gasteiger charge is -2.36. The third-order valence-corrected chi connectivity index (χ3v) is 6.76. The van der Waals surface area contributed by atoms with Crippen LogP contribution in [0.5, 0.6) is 0 Å². The number of nitrogen functional groups attached to an aromatic ring is 1. The number of piperazine rings is 1. The van der Waals surface area contributed by atoms with Gasteiger partial charge in [0.15, 0.2) is 17.1 Å². The fourth-order valence-corrected chi connectivity index (χ4v) is 4.77. The lowest BCUT2D eigenvalue weighted by Crippen LogP contribution is -2.47. The molecule has 0 unspecified atom stereocenters. The van der Waals surface area contributed by atoms with E-state index in [2.05, 4.69) is 52.6 Å². The van der Waals surface area contributed by atoms with Gasteiger partial charge in [0.05, 0.1) is 30.1 Å². The first-order valence-electron chi connectivity index (χ1n) is 10.9. The Morgan fingerprint density at radius 3 is 2.68 bits per heavy atom. The SMILES string of the molecule is Nc1nc2c(cnn2CCN2CCN(c3ccc([123I])cc3F)CC2)c2nc(-c3ccco3)nn12. The van der Waals surface area contributed by atoms with Crippen molar-refractivity contribution in [1.29, 1.82) is 0 Å². The van der Waals surface area contributed by atoms with Crippen LogP contribution in [-0.2, 0) is 6.54 Å². The van der Waals surface area contributed by atoms with Crippen LogP contribution in [0.4, 0.5) is 16.0 Å². The summed E-state index contributed by atoms with van der Waals surface area (Å²) in [6.45, 7) is 4.71. The minimum absolute atomic E-state index is 0.165. The molecule has 6 rings (SSSR count). The second kappa shape index (κ2) is 8.51. The number of nitrogens with zero attached hydrogens (tertiary/aromatic N) is 8. The minimum atomic E-state index is -0.165. The van der Waals surface area contributed by atoms with E-state index in [1.807, 2.05) is 16.8 Å². The summed E-state index contributed by atoms with van der Waals surface area (Å²) in [6, 6.07) is 8.96. The highest BCUT2D eigenvalue weighted by atomic mass is 123. The monoisotopic (exact) mass is 569 g/mol. The Morgan fingerprint density at radius 2 is 1.91 bits per heavy atom. The summed E-state index contributed by atoms with van der Waals surface area (Å²) in [6.07, 6.45) is 3.32. The molecule has 1 aliphatic heterocycles. The van der Waals surface area contributed by atoms with Gasteiger partial charge in [-0.05, 0) is 52.9 Å². The van der Waals surface area contributed by atoms with E-state index in [0.717, 1.165) is 41.7 Å². The van der Waals surface area contributed by atoms with Crippen LogP contribution in [0, 0.1) is 9.39 Å². The molecule has 1 fully saturated rings. The van der Waals surface area contributed by atoms with Crippen LogP contribution in [0.2, 0.25) is 0 Å². The molecular weight excluding hydrogens is 548 g/mol. The van der Waals surface area contributed by atoms with Crippen LogP contribution in [0.1, 0.15) is 0 Å². The number of hydrogen-bond acceptors (Lipinski definition) is 8. The molecule has 1 saturated heterocycles. The summed E-state index contributed by atoms with van der Waals surface area (Å²) in [5, 5.41) is 9.73. The molecular formula is C22H21FIN9O. The third-order valence-electron chi connectivity index (χ3n) is 6.09. The normalized spacial score (nSPS) is 15.1. The van der Waals surface area contributed by atoms with E-state index >= 15 is 0 Å². The predicted molar refractivity (Wildman–Crippen MR) is 134 cm³/mol. The zero-order valence-corrected chi connectivity index (χ0v) is 20.3. The van der Waals surface area contributed by atoms with E-state index in [1.54, 1.807) is 30.7 Å². The second-order valence-electron chi connectivity index (χ2n) is 8.15. The van der Waals surface area contributed by atoms with Gasteiger partial charge in [-0.1, -0.05) is 0 Å². The van der Waals surface area contributed by atoms with E-state index in [1.165, 1.54) is 4.52 Å². The van der Waals surface area contributed by atoms with Crippen molar-refractivity contribution in [2.75, 3.05) is 43.4 Å². The van der Waals surface area contributed by atoms with Crippen molar-refractivity contribution in [2.45, 2.75) is 6.54 Å². The zero-order chi connectivity index (χ0) is 23.2. The van der Waals surface area contributed by atoms with Gasteiger partial charge in [-0.2, -0.15) is 14.6 Å². The summed E-state index contributed by atoms with van der Waals surface area (Å²) in [4.78, 5) is 13.6. The maximum Gasteiger partial charge on any atom is 0.225 e. The van der Waals surface area contributed by atoms with Crippen molar-refractivity contribution in [1.82, 2.24) is 34.3 Å². The van der Waals surface area contributed by atoms with Gasteiger partial charge in [-0.15, -0.1) is 5.10 Å². The summed E-state index contributed by atoms with van der Waals surface area (Å²) in [5.41, 5.74) is 8.11. The quantitative estimate of drug-likeness (QED) is 0.322. The number of aromatic nitrogens is 6. The third kappa shape index (κ3) is 3.76. The van der Waals surface area contributed by atoms with Gasteiger partial charge in [0.1, 0.15) is 5.82 Å². The standard InChI is InChI=1S/C22H21FIN9O/c23-16-12-14(24)3-4-17(16)31-8-5-30(6-9-31)7-10-32-20-15(13-26-32)21-27-19(18-2-1-11-34-18)29-33(21)22(25)28-20/h1-4,11-13H,5-10H2,(H2,25,28)/i24-4. The highest BCUT2D eigenvalue weighted by Crippen LogP contribution is 2.24. The first-order chi connectivity index (χ1) is 16.6. The van der Waals surface area contributed by atoms with E-state index < -0.39 is 0 Å². The summed E-state index contributed by atoms with van der Waals surface area (Å²) in [5.74, 6) is 1.08. The topological polar surface area (TPSA) is 107 Å². The molecule has 12 heteroatoms. The van der Waals surface area contributed by atoms with Crippen molar-refractivity contribution in [3.8, 4) is 11.6 Å². The molecule has 0 radical (unpaired) electrons. The van der Waals surface area contributed by atoms with E-state index in [4.69, 9.17) is 10.2 Å². The summed E-state index contributed by atoms with van der Waals surface area (Å²) in [7, 11) is 0. The Morgan fingerprint density at radius 1 is 1.06 bits per heavy atom. The Bertz CT molecular complexity index is 1470. The molecule has 174 valence electrons. The van der Waals surface area contributed by atoms with E-state index in [9.17, 15) is 4.39 Å². The lowest BCUT2D eigenvalue weighted by atomic mass is 10.2. The van der Waals surface area contributed by atoms with Crippen LogP contribution >= 0.6 is 22.6 Å². The molecule has 2 N–H and O–H groups in total. The number of nitrogens with two attached hydrogens (primary N) is 1. The van der Waals surface area contributed by atoms with E-state index in [-0.39, 0.29) is 11.8 Å². The number of hydrogen-bond donors (Lipinski definition) is 1. The molecule has 1 aromatic carbocycles. The van der Waals surface area contributed by atoms with Gasteiger partial charge in [-0.25, -0.2) is 14.1 Å². The van der Waals surface area contributed by atoms with Gasteiger partial charge in [0.2, 0.25) is 11.8 Å². The Labute approximate surface area is 207 Å². The Balaban J connectivity index is 1.17. The average Bonchev–Trinajstić information content (AvgIpc) is 3.58. The Kier molecular flexibility index (Phi) is 5.32. The van der Waals surface area contributed by atoms with Gasteiger partial charge in [0.25, 0.3) is 0 Å². The molecule has 10 nitrogen and oxygen atoms in total. The summed E-state index contributed by atoms with van der Waals surface area (Å²) < 4.78 is 24.0. The van der Waals surface area contributed by atoms with Crippen molar-refractivity contribution < 1.29 is 8.81 Å². The average molecular weight is 569 g/mol. The molecule has 5 aromatic rings. The van der Waals surface area contributed by atoms with Crippen molar-refractivity contribution >= 4 is 50.9 Å². The van der Waals surface area contributed by atoms with Crippen LogP contribution in [0.25, 0.3) is 28.3 Å². The second-order valence-corrected chi connectivity index (χ2v) is 9.39.